The zero-order valence-electron chi connectivity index (χ0n) is 11.8. The lowest BCUT2D eigenvalue weighted by atomic mass is 10.1. The van der Waals surface area contributed by atoms with Crippen LogP contribution in [0.4, 0.5) is 0 Å². The molecule has 0 bridgehead atoms. The van der Waals surface area contributed by atoms with Crippen molar-refractivity contribution in [3.05, 3.63) is 47.5 Å². The largest absolute Gasteiger partial charge is 0.376 e. The molecule has 0 saturated carbocycles. The van der Waals surface area contributed by atoms with Crippen molar-refractivity contribution in [1.29, 1.82) is 0 Å². The van der Waals surface area contributed by atoms with Crippen molar-refractivity contribution in [3.8, 4) is 0 Å². The summed E-state index contributed by atoms with van der Waals surface area (Å²) in [5, 5.41) is 3.46. The Labute approximate surface area is 111 Å². The van der Waals surface area contributed by atoms with Crippen molar-refractivity contribution in [2.24, 2.45) is 0 Å². The molecule has 1 aromatic carbocycles. The first-order valence-electron chi connectivity index (χ1n) is 6.67. The first kappa shape index (κ1) is 14.9. The highest BCUT2D eigenvalue weighted by Crippen LogP contribution is 2.13. The van der Waals surface area contributed by atoms with Crippen LogP contribution in [0.3, 0.4) is 0 Å². The highest BCUT2D eigenvalue weighted by molar-refractivity contribution is 5.24. The van der Waals surface area contributed by atoms with Crippen LogP contribution in [0.2, 0.25) is 0 Å². The fraction of sp³-hybridized carbons (Fsp3) is 0.500. The Kier molecular flexibility index (Phi) is 6.69. The Bertz CT molecular complexity index is 356. The topological polar surface area (TPSA) is 21.3 Å². The van der Waals surface area contributed by atoms with Crippen LogP contribution in [0.5, 0.6) is 0 Å². The van der Waals surface area contributed by atoms with Crippen LogP contribution in [0, 0.1) is 0 Å². The van der Waals surface area contributed by atoms with E-state index < -0.39 is 0 Å². The van der Waals surface area contributed by atoms with Gasteiger partial charge in [-0.3, -0.25) is 0 Å². The molecule has 0 fully saturated rings. The summed E-state index contributed by atoms with van der Waals surface area (Å²) in [6, 6.07) is 9.16. The van der Waals surface area contributed by atoms with Gasteiger partial charge in [0, 0.05) is 12.6 Å². The van der Waals surface area contributed by atoms with E-state index in [1.807, 2.05) is 6.92 Å². The second kappa shape index (κ2) is 8.06. The van der Waals surface area contributed by atoms with Gasteiger partial charge in [-0.25, -0.2) is 0 Å². The van der Waals surface area contributed by atoms with Crippen LogP contribution in [0.15, 0.2) is 36.4 Å². The van der Waals surface area contributed by atoms with Gasteiger partial charge in [-0.1, -0.05) is 43.3 Å². The molecule has 0 saturated heterocycles. The van der Waals surface area contributed by atoms with Gasteiger partial charge >= 0.3 is 0 Å². The van der Waals surface area contributed by atoms with Crippen LogP contribution in [-0.4, -0.2) is 19.8 Å². The summed E-state index contributed by atoms with van der Waals surface area (Å²) in [6.07, 6.45) is 1.09. The van der Waals surface area contributed by atoms with Gasteiger partial charge in [0.1, 0.15) is 0 Å². The van der Waals surface area contributed by atoms with E-state index in [0.29, 0.717) is 12.6 Å². The Morgan fingerprint density at radius 1 is 1.33 bits per heavy atom. The Morgan fingerprint density at radius 3 is 2.56 bits per heavy atom. The van der Waals surface area contributed by atoms with Crippen molar-refractivity contribution >= 4 is 0 Å². The maximum atomic E-state index is 5.46. The molecule has 0 aromatic heterocycles. The molecule has 1 unspecified atom stereocenters. The molecule has 0 radical (unpaired) electrons. The van der Waals surface area contributed by atoms with Crippen molar-refractivity contribution in [2.75, 3.05) is 19.8 Å². The lowest BCUT2D eigenvalue weighted by molar-refractivity contribution is 0.156. The second-order valence-electron chi connectivity index (χ2n) is 4.78. The van der Waals surface area contributed by atoms with E-state index >= 15 is 0 Å². The van der Waals surface area contributed by atoms with Gasteiger partial charge in [-0.2, -0.15) is 0 Å². The summed E-state index contributed by atoms with van der Waals surface area (Å²) in [4.78, 5) is 0. The number of hydrogen-bond acceptors (Lipinski definition) is 2. The third-order valence-electron chi connectivity index (χ3n) is 2.93. The number of benzene rings is 1. The number of ether oxygens (including phenoxy) is 1. The SMILES string of the molecule is C=C(C)COCCNC(C)c1ccc(CC)cc1. The molecule has 2 nitrogen and oxygen atoms in total. The zero-order chi connectivity index (χ0) is 13.4. The summed E-state index contributed by atoms with van der Waals surface area (Å²) in [7, 11) is 0. The number of aryl methyl sites for hydroxylation is 1. The van der Waals surface area contributed by atoms with Crippen LogP contribution in [-0.2, 0) is 11.2 Å². The van der Waals surface area contributed by atoms with Crippen LogP contribution in [0.25, 0.3) is 0 Å². The molecule has 0 aliphatic rings. The monoisotopic (exact) mass is 247 g/mol. The van der Waals surface area contributed by atoms with E-state index in [4.69, 9.17) is 4.74 Å². The van der Waals surface area contributed by atoms with Gasteiger partial charge in [0.25, 0.3) is 0 Å². The molecule has 0 spiro atoms. The molecule has 0 heterocycles. The van der Waals surface area contributed by atoms with Crippen molar-refractivity contribution in [2.45, 2.75) is 33.2 Å². The minimum Gasteiger partial charge on any atom is -0.376 e. The van der Waals surface area contributed by atoms with Gasteiger partial charge in [-0.05, 0) is 31.4 Å². The third kappa shape index (κ3) is 5.48. The molecule has 1 N–H and O–H groups in total. The first-order valence-corrected chi connectivity index (χ1v) is 6.67. The Morgan fingerprint density at radius 2 is 2.00 bits per heavy atom. The zero-order valence-corrected chi connectivity index (χ0v) is 11.8. The first-order chi connectivity index (χ1) is 8.63. The van der Waals surface area contributed by atoms with E-state index in [1.54, 1.807) is 0 Å². The molecule has 1 aromatic rings. The fourth-order valence-electron chi connectivity index (χ4n) is 1.75. The van der Waals surface area contributed by atoms with Crippen molar-refractivity contribution < 1.29 is 4.74 Å². The molecular formula is C16H25NO. The lowest BCUT2D eigenvalue weighted by Crippen LogP contribution is -2.23. The van der Waals surface area contributed by atoms with Crippen LogP contribution >= 0.6 is 0 Å². The predicted octanol–water partition coefficient (Wildman–Crippen LogP) is 3.49. The average Bonchev–Trinajstić information content (AvgIpc) is 2.38. The molecule has 18 heavy (non-hydrogen) atoms. The number of hydrogen-bond donors (Lipinski definition) is 1. The Hall–Kier alpha value is -1.12. The quantitative estimate of drug-likeness (QED) is 0.561. The van der Waals surface area contributed by atoms with E-state index in [9.17, 15) is 0 Å². The molecule has 2 heteroatoms. The predicted molar refractivity (Wildman–Crippen MR) is 77.9 cm³/mol. The van der Waals surface area contributed by atoms with E-state index in [-0.39, 0.29) is 0 Å². The van der Waals surface area contributed by atoms with E-state index in [1.165, 1.54) is 11.1 Å². The summed E-state index contributed by atoms with van der Waals surface area (Å²) >= 11 is 0. The minimum atomic E-state index is 0.365. The van der Waals surface area contributed by atoms with Crippen molar-refractivity contribution in [3.63, 3.8) is 0 Å². The van der Waals surface area contributed by atoms with Gasteiger partial charge in [-0.15, -0.1) is 0 Å². The molecular weight excluding hydrogens is 222 g/mol. The molecule has 1 rings (SSSR count). The van der Waals surface area contributed by atoms with Gasteiger partial charge in [0.15, 0.2) is 0 Å². The van der Waals surface area contributed by atoms with Gasteiger partial charge in [0.05, 0.1) is 13.2 Å². The van der Waals surface area contributed by atoms with Crippen LogP contribution in [0.1, 0.15) is 37.9 Å². The molecule has 0 amide bonds. The van der Waals surface area contributed by atoms with Gasteiger partial charge < -0.3 is 10.1 Å². The maximum absolute atomic E-state index is 5.46. The Balaban J connectivity index is 2.27. The smallest absolute Gasteiger partial charge is 0.0672 e. The molecule has 0 aliphatic heterocycles. The standard InChI is InChI=1S/C16H25NO/c1-5-15-6-8-16(9-7-15)14(4)17-10-11-18-12-13(2)3/h6-9,14,17H,2,5,10-12H2,1,3-4H3. The normalized spacial score (nSPS) is 12.4. The number of nitrogens with one attached hydrogen (secondary N) is 1. The molecule has 1 atom stereocenters. The highest BCUT2D eigenvalue weighted by atomic mass is 16.5. The van der Waals surface area contributed by atoms with Crippen molar-refractivity contribution in [1.82, 2.24) is 5.32 Å². The molecule has 100 valence electrons. The third-order valence-corrected chi connectivity index (χ3v) is 2.93. The summed E-state index contributed by atoms with van der Waals surface area (Å²) < 4.78 is 5.46. The molecule has 0 aliphatic carbocycles. The van der Waals surface area contributed by atoms with Crippen LogP contribution < -0.4 is 5.32 Å². The summed E-state index contributed by atoms with van der Waals surface area (Å²) in [5.41, 5.74) is 3.78. The van der Waals surface area contributed by atoms with E-state index in [0.717, 1.165) is 25.1 Å². The van der Waals surface area contributed by atoms with Gasteiger partial charge in [0.2, 0.25) is 0 Å². The summed E-state index contributed by atoms with van der Waals surface area (Å²) in [5.74, 6) is 0. The van der Waals surface area contributed by atoms with E-state index in [2.05, 4.69) is 50.0 Å². The minimum absolute atomic E-state index is 0.365. The highest BCUT2D eigenvalue weighted by Gasteiger charge is 2.03. The second-order valence-corrected chi connectivity index (χ2v) is 4.78. The lowest BCUT2D eigenvalue weighted by Gasteiger charge is -2.14. The average molecular weight is 247 g/mol. The summed E-state index contributed by atoms with van der Waals surface area (Å²) in [6.45, 7) is 12.4. The number of rotatable bonds is 8. The maximum Gasteiger partial charge on any atom is 0.0672 e. The fourth-order valence-corrected chi connectivity index (χ4v) is 1.75.